The lowest BCUT2D eigenvalue weighted by molar-refractivity contribution is -0.183. The van der Waals surface area contributed by atoms with Gasteiger partial charge in [-0.3, -0.25) is 19.2 Å². The van der Waals surface area contributed by atoms with Crippen LogP contribution in [0, 0.1) is 0 Å². The molecular weight excluding hydrogens is 272 g/mol. The fraction of sp³-hybridized carbons (Fsp3) is 0.667. The zero-order valence-electron chi connectivity index (χ0n) is 11.8. The van der Waals surface area contributed by atoms with Crippen LogP contribution in [-0.2, 0) is 38.1 Å². The summed E-state index contributed by atoms with van der Waals surface area (Å²) >= 11 is 0. The van der Waals surface area contributed by atoms with Crippen molar-refractivity contribution in [2.24, 2.45) is 0 Å². The van der Waals surface area contributed by atoms with Gasteiger partial charge in [0.05, 0.1) is 0 Å². The highest BCUT2D eigenvalue weighted by molar-refractivity contribution is 5.67. The predicted octanol–water partition coefficient (Wildman–Crippen LogP) is -0.0256. The fourth-order valence-electron chi connectivity index (χ4n) is 1.48. The summed E-state index contributed by atoms with van der Waals surface area (Å²) < 4.78 is 19.3. The van der Waals surface area contributed by atoms with Gasteiger partial charge in [-0.05, 0) is 6.92 Å². The summed E-state index contributed by atoms with van der Waals surface area (Å²) in [5, 5.41) is 0. The van der Waals surface area contributed by atoms with Crippen molar-refractivity contribution in [3.63, 3.8) is 0 Å². The van der Waals surface area contributed by atoms with Gasteiger partial charge in [-0.15, -0.1) is 0 Å². The first kappa shape index (κ1) is 17.9. The van der Waals surface area contributed by atoms with Crippen molar-refractivity contribution in [1.29, 1.82) is 0 Å². The Morgan fingerprint density at radius 3 is 1.95 bits per heavy atom. The summed E-state index contributed by atoms with van der Waals surface area (Å²) in [5.74, 6) is -1.84. The third-order valence-corrected chi connectivity index (χ3v) is 2.16. The first-order valence-corrected chi connectivity index (χ1v) is 5.84. The molecule has 0 aliphatic rings. The highest BCUT2D eigenvalue weighted by Crippen LogP contribution is 2.13. The molecule has 0 fully saturated rings. The van der Waals surface area contributed by atoms with Gasteiger partial charge in [0, 0.05) is 20.8 Å². The molecule has 0 aliphatic heterocycles. The van der Waals surface area contributed by atoms with Gasteiger partial charge in [-0.25, -0.2) is 0 Å². The molecule has 114 valence electrons. The number of carbonyl (C=O) groups is 4. The third kappa shape index (κ3) is 7.34. The molecule has 0 heterocycles. The van der Waals surface area contributed by atoms with E-state index in [9.17, 15) is 19.2 Å². The van der Waals surface area contributed by atoms with E-state index in [1.165, 1.54) is 20.8 Å². The average molecular weight is 290 g/mol. The normalized spacial score (nSPS) is 14.4. The van der Waals surface area contributed by atoms with Crippen LogP contribution in [0.1, 0.15) is 27.7 Å². The monoisotopic (exact) mass is 290 g/mol. The van der Waals surface area contributed by atoms with Crippen LogP contribution in [0.2, 0.25) is 0 Å². The van der Waals surface area contributed by atoms with E-state index in [2.05, 4.69) is 0 Å². The van der Waals surface area contributed by atoms with Gasteiger partial charge in [0.25, 0.3) is 6.47 Å². The number of hydrogen-bond donors (Lipinski definition) is 0. The quantitative estimate of drug-likeness (QED) is 0.349. The van der Waals surface area contributed by atoms with Gasteiger partial charge >= 0.3 is 17.9 Å². The molecule has 0 rings (SSSR count). The van der Waals surface area contributed by atoms with E-state index in [0.29, 0.717) is 0 Å². The molecule has 0 spiro atoms. The number of hydrogen-bond acceptors (Lipinski definition) is 8. The Bertz CT molecular complexity index is 364. The Kier molecular flexibility index (Phi) is 7.95. The Morgan fingerprint density at radius 1 is 1.00 bits per heavy atom. The molecule has 0 aromatic carbocycles. The SMILES string of the molecule is CC(=O)OC[C@@H](OC=O)[C@@H](OC(C)=O)[C@@H](C)OC(C)=O. The number of ether oxygens (including phenoxy) is 4. The summed E-state index contributed by atoms with van der Waals surface area (Å²) in [6, 6.07) is 0. The van der Waals surface area contributed by atoms with Crippen molar-refractivity contribution in [3.8, 4) is 0 Å². The molecular formula is C12H18O8. The fourth-order valence-corrected chi connectivity index (χ4v) is 1.48. The molecule has 0 N–H and O–H groups in total. The molecule has 0 bridgehead atoms. The second-order valence-electron chi connectivity index (χ2n) is 3.96. The minimum atomic E-state index is -1.08. The molecule has 0 saturated carbocycles. The first-order chi connectivity index (χ1) is 9.27. The van der Waals surface area contributed by atoms with E-state index >= 15 is 0 Å². The van der Waals surface area contributed by atoms with Gasteiger partial charge < -0.3 is 18.9 Å². The van der Waals surface area contributed by atoms with Crippen LogP contribution >= 0.6 is 0 Å². The van der Waals surface area contributed by atoms with Crippen LogP contribution in [-0.4, -0.2) is 49.3 Å². The Hall–Kier alpha value is -2.12. The van der Waals surface area contributed by atoms with Crippen LogP contribution in [0.4, 0.5) is 0 Å². The van der Waals surface area contributed by atoms with E-state index in [1.807, 2.05) is 0 Å². The molecule has 0 radical (unpaired) electrons. The van der Waals surface area contributed by atoms with Crippen molar-refractivity contribution in [3.05, 3.63) is 0 Å². The van der Waals surface area contributed by atoms with Crippen LogP contribution in [0.15, 0.2) is 0 Å². The van der Waals surface area contributed by atoms with Crippen molar-refractivity contribution in [2.75, 3.05) is 6.61 Å². The lowest BCUT2D eigenvalue weighted by Gasteiger charge is -2.28. The maximum atomic E-state index is 11.1. The average Bonchev–Trinajstić information content (AvgIpc) is 2.30. The van der Waals surface area contributed by atoms with E-state index in [4.69, 9.17) is 18.9 Å². The highest BCUT2D eigenvalue weighted by atomic mass is 16.6. The summed E-state index contributed by atoms with van der Waals surface area (Å²) in [5.41, 5.74) is 0. The van der Waals surface area contributed by atoms with Gasteiger partial charge in [0.2, 0.25) is 0 Å². The van der Waals surface area contributed by atoms with Gasteiger partial charge in [0.1, 0.15) is 12.7 Å². The third-order valence-electron chi connectivity index (χ3n) is 2.16. The lowest BCUT2D eigenvalue weighted by atomic mass is 10.1. The second-order valence-corrected chi connectivity index (χ2v) is 3.96. The molecule has 0 aromatic heterocycles. The van der Waals surface area contributed by atoms with Gasteiger partial charge in [0.15, 0.2) is 12.2 Å². The molecule has 0 aliphatic carbocycles. The summed E-state index contributed by atoms with van der Waals surface area (Å²) in [4.78, 5) is 43.3. The van der Waals surface area contributed by atoms with Crippen molar-refractivity contribution < 1.29 is 38.1 Å². The highest BCUT2D eigenvalue weighted by Gasteiger charge is 2.34. The summed E-state index contributed by atoms with van der Waals surface area (Å²) in [7, 11) is 0. The van der Waals surface area contributed by atoms with Gasteiger partial charge in [-0.1, -0.05) is 0 Å². The largest absolute Gasteiger partial charge is 0.462 e. The predicted molar refractivity (Wildman–Crippen MR) is 64.4 cm³/mol. The maximum Gasteiger partial charge on any atom is 0.303 e. The molecule has 0 aromatic rings. The summed E-state index contributed by atoms with van der Waals surface area (Å²) in [6.07, 6.45) is -3.03. The lowest BCUT2D eigenvalue weighted by Crippen LogP contribution is -2.45. The van der Waals surface area contributed by atoms with Gasteiger partial charge in [-0.2, -0.15) is 0 Å². The van der Waals surface area contributed by atoms with Crippen LogP contribution < -0.4 is 0 Å². The van der Waals surface area contributed by atoms with Crippen LogP contribution in [0.25, 0.3) is 0 Å². The smallest absolute Gasteiger partial charge is 0.303 e. The van der Waals surface area contributed by atoms with Crippen molar-refractivity contribution >= 4 is 24.4 Å². The Balaban J connectivity index is 4.97. The number of rotatable bonds is 8. The van der Waals surface area contributed by atoms with Crippen LogP contribution in [0.3, 0.4) is 0 Å². The van der Waals surface area contributed by atoms with E-state index in [1.54, 1.807) is 0 Å². The molecule has 8 heteroatoms. The van der Waals surface area contributed by atoms with Crippen molar-refractivity contribution in [2.45, 2.75) is 46.0 Å². The zero-order chi connectivity index (χ0) is 15.7. The molecule has 20 heavy (non-hydrogen) atoms. The van der Waals surface area contributed by atoms with Crippen molar-refractivity contribution in [1.82, 2.24) is 0 Å². The van der Waals surface area contributed by atoms with Crippen LogP contribution in [0.5, 0.6) is 0 Å². The Labute approximate surface area is 116 Å². The molecule has 0 amide bonds. The minimum Gasteiger partial charge on any atom is -0.462 e. The minimum absolute atomic E-state index is 0.130. The summed E-state index contributed by atoms with van der Waals surface area (Å²) in [6.45, 7) is 4.78. The zero-order valence-corrected chi connectivity index (χ0v) is 11.8. The Morgan fingerprint density at radius 2 is 1.55 bits per heavy atom. The topological polar surface area (TPSA) is 105 Å². The van der Waals surface area contributed by atoms with E-state index < -0.39 is 36.2 Å². The second kappa shape index (κ2) is 8.89. The van der Waals surface area contributed by atoms with E-state index in [0.717, 1.165) is 6.92 Å². The maximum absolute atomic E-state index is 11.1. The molecule has 0 unspecified atom stereocenters. The number of esters is 3. The standard InChI is InChI=1S/C12H18O8/c1-7(19-9(3)15)12(20-10(4)16)11(18-6-13)5-17-8(2)14/h6-7,11-12H,5H2,1-4H3/t7-,11-,12+/m1/s1. The molecule has 0 saturated heterocycles. The first-order valence-electron chi connectivity index (χ1n) is 5.84. The van der Waals surface area contributed by atoms with E-state index in [-0.39, 0.29) is 13.1 Å². The molecule has 8 nitrogen and oxygen atoms in total. The number of carbonyl (C=O) groups excluding carboxylic acids is 4. The molecule has 3 atom stereocenters.